The van der Waals surface area contributed by atoms with E-state index < -0.39 is 0 Å². The molecule has 1 rings (SSSR count). The highest BCUT2D eigenvalue weighted by atomic mass is 32.1. The minimum absolute atomic E-state index is 0.103. The Bertz CT molecular complexity index is 259. The Kier molecular flexibility index (Phi) is 2.03. The molecule has 0 N–H and O–H groups in total. The normalized spacial score (nSPS) is 12.5. The van der Waals surface area contributed by atoms with Crippen molar-refractivity contribution >= 4 is 11.5 Å². The van der Waals surface area contributed by atoms with Gasteiger partial charge in [-0.3, -0.25) is 0 Å². The molecule has 10 heavy (non-hydrogen) atoms. The van der Waals surface area contributed by atoms with E-state index in [1.165, 1.54) is 11.5 Å². The van der Waals surface area contributed by atoms with Crippen LogP contribution in [0.15, 0.2) is 0 Å². The van der Waals surface area contributed by atoms with Gasteiger partial charge in [0.25, 0.3) is 0 Å². The van der Waals surface area contributed by atoms with Crippen LogP contribution in [-0.2, 0) is 0 Å². The average Bonchev–Trinajstić information content (AvgIpc) is 2.34. The van der Waals surface area contributed by atoms with Crippen LogP contribution in [0.5, 0.6) is 0 Å². The molecule has 1 atom stereocenters. The Morgan fingerprint density at radius 3 is 2.80 bits per heavy atom. The van der Waals surface area contributed by atoms with E-state index in [1.807, 2.05) is 13.8 Å². The van der Waals surface area contributed by atoms with E-state index in [9.17, 15) is 0 Å². The molecule has 0 fully saturated rings. The maximum atomic E-state index is 5.20. The molecule has 52 valence electrons. The fourth-order valence-corrected chi connectivity index (χ4v) is 1.23. The van der Waals surface area contributed by atoms with Crippen molar-refractivity contribution < 1.29 is 0 Å². The van der Waals surface area contributed by atoms with Gasteiger partial charge < -0.3 is 0 Å². The van der Waals surface area contributed by atoms with E-state index >= 15 is 0 Å². The summed E-state index contributed by atoms with van der Waals surface area (Å²) in [5.74, 6) is 3.51. The summed E-state index contributed by atoms with van der Waals surface area (Å²) in [5, 5.41) is 0.931. The zero-order chi connectivity index (χ0) is 7.56. The summed E-state index contributed by atoms with van der Waals surface area (Å²) in [6, 6.07) is 0. The SMILES string of the molecule is C#C[C@@H](C)c1nc(C)ns1. The Labute approximate surface area is 64.5 Å². The van der Waals surface area contributed by atoms with E-state index in [1.54, 1.807) is 0 Å². The lowest BCUT2D eigenvalue weighted by Crippen LogP contribution is -1.86. The van der Waals surface area contributed by atoms with E-state index in [0.717, 1.165) is 10.8 Å². The smallest absolute Gasteiger partial charge is 0.139 e. The van der Waals surface area contributed by atoms with Crippen molar-refractivity contribution in [2.75, 3.05) is 0 Å². The third kappa shape index (κ3) is 1.34. The summed E-state index contributed by atoms with van der Waals surface area (Å²) < 4.78 is 4.02. The highest BCUT2D eigenvalue weighted by Gasteiger charge is 2.05. The molecular weight excluding hydrogens is 144 g/mol. The molecule has 1 aromatic rings. The first-order valence-corrected chi connectivity index (χ1v) is 3.77. The van der Waals surface area contributed by atoms with Gasteiger partial charge in [0.1, 0.15) is 10.8 Å². The number of nitrogens with zero attached hydrogens (tertiary/aromatic N) is 2. The third-order valence-corrected chi connectivity index (χ3v) is 2.15. The van der Waals surface area contributed by atoms with Crippen LogP contribution in [0.1, 0.15) is 23.7 Å². The quantitative estimate of drug-likeness (QED) is 0.571. The van der Waals surface area contributed by atoms with Crippen molar-refractivity contribution in [3.05, 3.63) is 10.8 Å². The molecule has 1 heterocycles. The van der Waals surface area contributed by atoms with Crippen LogP contribution in [0.4, 0.5) is 0 Å². The van der Waals surface area contributed by atoms with Crippen LogP contribution in [0.3, 0.4) is 0 Å². The fourth-order valence-electron chi connectivity index (χ4n) is 0.560. The predicted octanol–water partition coefficient (Wildman–Crippen LogP) is 1.58. The Morgan fingerprint density at radius 2 is 2.40 bits per heavy atom. The summed E-state index contributed by atoms with van der Waals surface area (Å²) >= 11 is 1.38. The topological polar surface area (TPSA) is 25.8 Å². The van der Waals surface area contributed by atoms with E-state index in [2.05, 4.69) is 15.3 Å². The van der Waals surface area contributed by atoms with Gasteiger partial charge in [0, 0.05) is 0 Å². The number of terminal acetylenes is 1. The van der Waals surface area contributed by atoms with Gasteiger partial charge in [0.05, 0.1) is 5.92 Å². The minimum Gasteiger partial charge on any atom is -0.224 e. The molecule has 2 nitrogen and oxygen atoms in total. The Morgan fingerprint density at radius 1 is 1.70 bits per heavy atom. The van der Waals surface area contributed by atoms with E-state index in [-0.39, 0.29) is 5.92 Å². The molecule has 3 heteroatoms. The minimum atomic E-state index is 0.103. The molecule has 0 aliphatic rings. The number of hydrogen-bond acceptors (Lipinski definition) is 3. The average molecular weight is 152 g/mol. The second-order valence-electron chi connectivity index (χ2n) is 2.07. The molecule has 0 radical (unpaired) electrons. The maximum Gasteiger partial charge on any atom is 0.139 e. The van der Waals surface area contributed by atoms with Gasteiger partial charge in [-0.05, 0) is 25.4 Å². The Balaban J connectivity index is 2.87. The van der Waals surface area contributed by atoms with Crippen LogP contribution in [0.25, 0.3) is 0 Å². The first-order chi connectivity index (χ1) is 4.74. The van der Waals surface area contributed by atoms with Crippen LogP contribution < -0.4 is 0 Å². The molecule has 0 aliphatic carbocycles. The van der Waals surface area contributed by atoms with Crippen molar-refractivity contribution in [1.29, 1.82) is 0 Å². The van der Waals surface area contributed by atoms with Gasteiger partial charge in [0.2, 0.25) is 0 Å². The first-order valence-electron chi connectivity index (χ1n) is 3.00. The number of hydrogen-bond donors (Lipinski definition) is 0. The summed E-state index contributed by atoms with van der Waals surface area (Å²) in [4.78, 5) is 4.15. The third-order valence-electron chi connectivity index (χ3n) is 1.16. The predicted molar refractivity (Wildman–Crippen MR) is 41.9 cm³/mol. The van der Waals surface area contributed by atoms with E-state index in [0.29, 0.717) is 0 Å². The molecule has 0 bridgehead atoms. The standard InChI is InChI=1S/C7H8N2S/c1-4-5(2)7-8-6(3)9-10-7/h1,5H,2-3H3/t5-/m1/s1. The summed E-state index contributed by atoms with van der Waals surface area (Å²) in [7, 11) is 0. The van der Waals surface area contributed by atoms with Gasteiger partial charge in [-0.25, -0.2) is 4.98 Å². The van der Waals surface area contributed by atoms with Crippen molar-refractivity contribution in [1.82, 2.24) is 9.36 Å². The van der Waals surface area contributed by atoms with Crippen LogP contribution in [0.2, 0.25) is 0 Å². The zero-order valence-electron chi connectivity index (χ0n) is 5.96. The molecule has 0 saturated heterocycles. The molecule has 0 amide bonds. The van der Waals surface area contributed by atoms with Crippen LogP contribution >= 0.6 is 11.5 Å². The summed E-state index contributed by atoms with van der Waals surface area (Å²) in [6.07, 6.45) is 5.20. The van der Waals surface area contributed by atoms with Crippen LogP contribution in [0, 0.1) is 19.3 Å². The van der Waals surface area contributed by atoms with Gasteiger partial charge in [-0.2, -0.15) is 4.37 Å². The number of aromatic nitrogens is 2. The summed E-state index contributed by atoms with van der Waals surface area (Å²) in [6.45, 7) is 3.81. The van der Waals surface area contributed by atoms with E-state index in [4.69, 9.17) is 6.42 Å². The molecule has 0 aliphatic heterocycles. The molecule has 1 aromatic heterocycles. The second kappa shape index (κ2) is 2.80. The highest BCUT2D eigenvalue weighted by Crippen LogP contribution is 2.15. The van der Waals surface area contributed by atoms with Gasteiger partial charge in [-0.15, -0.1) is 6.42 Å². The lowest BCUT2D eigenvalue weighted by atomic mass is 10.2. The molecular formula is C7H8N2S. The first kappa shape index (κ1) is 7.23. The Hall–Kier alpha value is -0.880. The number of rotatable bonds is 1. The lowest BCUT2D eigenvalue weighted by molar-refractivity contribution is 0.960. The van der Waals surface area contributed by atoms with Gasteiger partial charge >= 0.3 is 0 Å². The lowest BCUT2D eigenvalue weighted by Gasteiger charge is -1.92. The van der Waals surface area contributed by atoms with Crippen molar-refractivity contribution in [3.63, 3.8) is 0 Å². The fraction of sp³-hybridized carbons (Fsp3) is 0.429. The van der Waals surface area contributed by atoms with Gasteiger partial charge in [-0.1, -0.05) is 5.92 Å². The molecule has 0 saturated carbocycles. The van der Waals surface area contributed by atoms with Crippen molar-refractivity contribution in [2.24, 2.45) is 0 Å². The highest BCUT2D eigenvalue weighted by molar-refractivity contribution is 7.05. The largest absolute Gasteiger partial charge is 0.224 e. The maximum absolute atomic E-state index is 5.20. The van der Waals surface area contributed by atoms with Crippen molar-refractivity contribution in [2.45, 2.75) is 19.8 Å². The molecule has 0 spiro atoms. The molecule has 0 aromatic carbocycles. The van der Waals surface area contributed by atoms with Gasteiger partial charge in [0.15, 0.2) is 0 Å². The van der Waals surface area contributed by atoms with Crippen molar-refractivity contribution in [3.8, 4) is 12.3 Å². The number of aryl methyl sites for hydroxylation is 1. The zero-order valence-corrected chi connectivity index (χ0v) is 6.77. The second-order valence-corrected chi connectivity index (χ2v) is 2.85. The van der Waals surface area contributed by atoms with Crippen LogP contribution in [-0.4, -0.2) is 9.36 Å². The monoisotopic (exact) mass is 152 g/mol. The molecule has 0 unspecified atom stereocenters. The summed E-state index contributed by atoms with van der Waals surface area (Å²) in [5.41, 5.74) is 0.